The largest absolute Gasteiger partial charge is 0.480 e. The maximum atomic E-state index is 11.8. The van der Waals surface area contributed by atoms with Gasteiger partial charge < -0.3 is 20.7 Å². The second kappa shape index (κ2) is 6.52. The number of H-pyrrole nitrogens is 1. The van der Waals surface area contributed by atoms with Gasteiger partial charge in [0.2, 0.25) is 0 Å². The summed E-state index contributed by atoms with van der Waals surface area (Å²) in [5.74, 6) is -1.27. The Kier molecular flexibility index (Phi) is 5.03. The molecule has 0 spiro atoms. The number of carbonyl (C=O) groups is 2. The van der Waals surface area contributed by atoms with E-state index in [1.807, 2.05) is 5.32 Å². The number of alkyl halides is 2. The number of rotatable bonds is 6. The highest BCUT2D eigenvalue weighted by molar-refractivity contribution is 5.82. The molecule has 4 N–H and O–H groups in total. The van der Waals surface area contributed by atoms with E-state index in [0.717, 1.165) is 0 Å². The van der Waals surface area contributed by atoms with Gasteiger partial charge in [-0.1, -0.05) is 0 Å². The fourth-order valence-electron chi connectivity index (χ4n) is 1.20. The molecular weight excluding hydrogens is 250 g/mol. The van der Waals surface area contributed by atoms with Crippen LogP contribution in [0.4, 0.5) is 13.6 Å². The topological polar surface area (TPSA) is 107 Å². The predicted octanol–water partition coefficient (Wildman–Crippen LogP) is -0.0303. The van der Waals surface area contributed by atoms with Crippen molar-refractivity contribution < 1.29 is 23.5 Å². The smallest absolute Gasteiger partial charge is 0.326 e. The molecule has 1 atom stereocenters. The molecule has 0 unspecified atom stereocenters. The highest BCUT2D eigenvalue weighted by Gasteiger charge is 2.21. The second-order valence-electron chi connectivity index (χ2n) is 3.42. The van der Waals surface area contributed by atoms with Crippen LogP contribution >= 0.6 is 0 Å². The van der Waals surface area contributed by atoms with Crippen molar-refractivity contribution in [3.05, 3.63) is 18.2 Å². The van der Waals surface area contributed by atoms with E-state index in [0.29, 0.717) is 5.69 Å². The highest BCUT2D eigenvalue weighted by atomic mass is 19.3. The van der Waals surface area contributed by atoms with Crippen LogP contribution in [0.2, 0.25) is 0 Å². The maximum Gasteiger partial charge on any atom is 0.326 e. The Morgan fingerprint density at radius 1 is 1.50 bits per heavy atom. The van der Waals surface area contributed by atoms with Gasteiger partial charge in [0.05, 0.1) is 12.9 Å². The van der Waals surface area contributed by atoms with Crippen LogP contribution in [0.1, 0.15) is 5.69 Å². The van der Waals surface area contributed by atoms with E-state index in [4.69, 9.17) is 5.11 Å². The number of carboxylic acid groups (broad SMARTS) is 1. The van der Waals surface area contributed by atoms with Crippen molar-refractivity contribution in [3.8, 4) is 0 Å². The minimum Gasteiger partial charge on any atom is -0.480 e. The number of halogens is 2. The molecule has 0 radical (unpaired) electrons. The summed E-state index contributed by atoms with van der Waals surface area (Å²) in [5.41, 5.74) is 0.511. The molecular formula is C9H12F2N4O3. The number of carbonyl (C=O) groups excluding carboxylic acids is 1. The Morgan fingerprint density at radius 2 is 2.22 bits per heavy atom. The van der Waals surface area contributed by atoms with Gasteiger partial charge in [-0.2, -0.15) is 0 Å². The lowest BCUT2D eigenvalue weighted by atomic mass is 10.2. The van der Waals surface area contributed by atoms with E-state index in [9.17, 15) is 18.4 Å². The van der Waals surface area contributed by atoms with E-state index >= 15 is 0 Å². The lowest BCUT2D eigenvalue weighted by molar-refractivity contribution is -0.139. The van der Waals surface area contributed by atoms with Crippen LogP contribution in [0.25, 0.3) is 0 Å². The van der Waals surface area contributed by atoms with E-state index in [1.54, 1.807) is 0 Å². The maximum absolute atomic E-state index is 11.8. The highest BCUT2D eigenvalue weighted by Crippen LogP contribution is 1.99. The first-order chi connectivity index (χ1) is 8.49. The monoisotopic (exact) mass is 262 g/mol. The molecule has 0 bridgehead atoms. The number of aromatic amines is 1. The second-order valence-corrected chi connectivity index (χ2v) is 3.42. The summed E-state index contributed by atoms with van der Waals surface area (Å²) in [4.78, 5) is 28.4. The van der Waals surface area contributed by atoms with E-state index in [1.165, 1.54) is 12.5 Å². The minimum atomic E-state index is -2.69. The molecule has 0 aromatic carbocycles. The lowest BCUT2D eigenvalue weighted by Gasteiger charge is -2.14. The van der Waals surface area contributed by atoms with Crippen molar-refractivity contribution in [3.63, 3.8) is 0 Å². The minimum absolute atomic E-state index is 0.0164. The zero-order valence-electron chi connectivity index (χ0n) is 9.19. The first-order valence-electron chi connectivity index (χ1n) is 5.01. The number of aromatic nitrogens is 2. The summed E-state index contributed by atoms with van der Waals surface area (Å²) in [6.07, 6.45) is 0.0728. The van der Waals surface area contributed by atoms with Gasteiger partial charge in [0.15, 0.2) is 0 Å². The van der Waals surface area contributed by atoms with Gasteiger partial charge in [-0.3, -0.25) is 0 Å². The van der Waals surface area contributed by atoms with E-state index in [2.05, 4.69) is 15.3 Å². The Hall–Kier alpha value is -2.19. The number of amides is 2. The van der Waals surface area contributed by atoms with Crippen LogP contribution in [0.5, 0.6) is 0 Å². The third-order valence-electron chi connectivity index (χ3n) is 2.00. The summed E-state index contributed by atoms with van der Waals surface area (Å²) in [6.45, 7) is -0.831. The number of hydrogen-bond donors (Lipinski definition) is 4. The molecule has 0 aliphatic heterocycles. The van der Waals surface area contributed by atoms with Crippen molar-refractivity contribution in [1.82, 2.24) is 20.6 Å². The molecule has 0 fully saturated rings. The molecule has 0 saturated heterocycles. The quantitative estimate of drug-likeness (QED) is 0.577. The molecule has 18 heavy (non-hydrogen) atoms. The zero-order chi connectivity index (χ0) is 13.5. The van der Waals surface area contributed by atoms with Crippen molar-refractivity contribution in [2.24, 2.45) is 0 Å². The third kappa shape index (κ3) is 4.76. The molecule has 1 aromatic rings. The summed E-state index contributed by atoms with van der Waals surface area (Å²) in [6, 6.07) is -2.18. The molecule has 1 rings (SSSR count). The third-order valence-corrected chi connectivity index (χ3v) is 2.00. The first kappa shape index (κ1) is 13.9. The Morgan fingerprint density at radius 3 is 2.72 bits per heavy atom. The Bertz CT molecular complexity index is 397. The molecule has 1 heterocycles. The average molecular weight is 262 g/mol. The van der Waals surface area contributed by atoms with Gasteiger partial charge in [0.25, 0.3) is 6.43 Å². The zero-order valence-corrected chi connectivity index (χ0v) is 9.19. The van der Waals surface area contributed by atoms with Crippen LogP contribution in [0.3, 0.4) is 0 Å². The normalized spacial score (nSPS) is 12.2. The van der Waals surface area contributed by atoms with Crippen molar-refractivity contribution in [1.29, 1.82) is 0 Å². The van der Waals surface area contributed by atoms with Gasteiger partial charge in [-0.25, -0.2) is 23.4 Å². The molecule has 1 aromatic heterocycles. The molecule has 0 saturated carbocycles. The van der Waals surface area contributed by atoms with Gasteiger partial charge in [0.1, 0.15) is 6.04 Å². The number of urea groups is 1. The lowest BCUT2D eigenvalue weighted by Crippen LogP contribution is -2.48. The standard InChI is InChI=1S/C9H12F2N4O3/c10-7(11)3-13-9(18)15-6(8(16)17)1-5-2-12-4-14-5/h2,4,6-7H,1,3H2,(H,12,14)(H,16,17)(H2,13,15,18)/t6-/m0/s1. The number of hydrogen-bond acceptors (Lipinski definition) is 3. The molecule has 0 aliphatic carbocycles. The van der Waals surface area contributed by atoms with Gasteiger partial charge in [-0.15, -0.1) is 0 Å². The number of aliphatic carboxylic acids is 1. The van der Waals surface area contributed by atoms with Gasteiger partial charge in [-0.05, 0) is 0 Å². The number of imidazole rings is 1. The molecule has 2 amide bonds. The van der Waals surface area contributed by atoms with Crippen molar-refractivity contribution >= 4 is 12.0 Å². The summed E-state index contributed by atoms with van der Waals surface area (Å²) in [7, 11) is 0. The van der Waals surface area contributed by atoms with Gasteiger partial charge >= 0.3 is 12.0 Å². The molecule has 100 valence electrons. The Balaban J connectivity index is 2.48. The van der Waals surface area contributed by atoms with E-state index < -0.39 is 31.0 Å². The number of nitrogens with zero attached hydrogens (tertiary/aromatic N) is 1. The number of nitrogens with one attached hydrogen (secondary N) is 3. The van der Waals surface area contributed by atoms with Crippen molar-refractivity contribution in [2.75, 3.05) is 6.54 Å². The first-order valence-corrected chi connectivity index (χ1v) is 5.01. The van der Waals surface area contributed by atoms with Crippen LogP contribution in [-0.4, -0.2) is 46.1 Å². The molecule has 9 heteroatoms. The summed E-state index contributed by atoms with van der Waals surface area (Å²) < 4.78 is 23.6. The van der Waals surface area contributed by atoms with Crippen LogP contribution in [0, 0.1) is 0 Å². The number of carboxylic acids is 1. The molecule has 7 nitrogen and oxygen atoms in total. The van der Waals surface area contributed by atoms with Crippen molar-refractivity contribution in [2.45, 2.75) is 18.9 Å². The SMILES string of the molecule is O=C(NCC(F)F)N[C@@H](Cc1cnc[nH]1)C(=O)O. The summed E-state index contributed by atoms with van der Waals surface area (Å²) >= 11 is 0. The average Bonchev–Trinajstić information content (AvgIpc) is 2.78. The summed E-state index contributed by atoms with van der Waals surface area (Å²) in [5, 5.41) is 12.8. The van der Waals surface area contributed by atoms with Crippen LogP contribution in [-0.2, 0) is 11.2 Å². The van der Waals surface area contributed by atoms with E-state index in [-0.39, 0.29) is 6.42 Å². The van der Waals surface area contributed by atoms with Crippen LogP contribution < -0.4 is 10.6 Å². The fourth-order valence-corrected chi connectivity index (χ4v) is 1.20. The fraction of sp³-hybridized carbons (Fsp3) is 0.444. The predicted molar refractivity (Wildman–Crippen MR) is 56.3 cm³/mol. The molecule has 0 aliphatic rings. The van der Waals surface area contributed by atoms with Crippen LogP contribution in [0.15, 0.2) is 12.5 Å². The Labute approximate surface area is 101 Å². The van der Waals surface area contributed by atoms with Gasteiger partial charge in [0, 0.05) is 18.3 Å².